The van der Waals surface area contributed by atoms with Gasteiger partial charge in [-0.05, 0) is 56.3 Å². The van der Waals surface area contributed by atoms with E-state index >= 15 is 0 Å². The van der Waals surface area contributed by atoms with Crippen molar-refractivity contribution in [1.29, 1.82) is 0 Å². The number of hydrogen-bond donors (Lipinski definition) is 1. The van der Waals surface area contributed by atoms with Gasteiger partial charge in [0.2, 0.25) is 5.75 Å². The maximum atomic E-state index is 13.0. The van der Waals surface area contributed by atoms with E-state index in [4.69, 9.17) is 28.1 Å². The Morgan fingerprint density at radius 2 is 1.54 bits per heavy atom. The Labute approximate surface area is 270 Å². The second-order valence-electron chi connectivity index (χ2n) is 10.8. The number of ether oxygens (including phenoxy) is 5. The molecule has 0 radical (unpaired) electrons. The molecule has 1 N–H and O–H groups in total. The van der Waals surface area contributed by atoms with Crippen molar-refractivity contribution in [2.45, 2.75) is 39.2 Å². The second-order valence-corrected chi connectivity index (χ2v) is 10.8. The number of nitrogens with zero attached hydrogens (tertiary/aromatic N) is 1. The third kappa shape index (κ3) is 8.72. The molecule has 46 heavy (non-hydrogen) atoms. The molecule has 0 unspecified atom stereocenters. The summed E-state index contributed by atoms with van der Waals surface area (Å²) in [6.07, 6.45) is 4.18. The summed E-state index contributed by atoms with van der Waals surface area (Å²) in [5.41, 5.74) is 1.90. The van der Waals surface area contributed by atoms with Gasteiger partial charge in [0, 0.05) is 36.3 Å². The molecule has 1 amide bonds. The highest BCUT2D eigenvalue weighted by Crippen LogP contribution is 2.42. The molecular formula is C36H44N2O8. The number of unbranched alkanes of at least 4 members (excludes halogenated alkanes) is 3. The highest BCUT2D eigenvalue weighted by molar-refractivity contribution is 5.90. The molecule has 0 aliphatic heterocycles. The summed E-state index contributed by atoms with van der Waals surface area (Å²) in [7, 11) is 6.14. The molecule has 1 heterocycles. The molecular weight excluding hydrogens is 588 g/mol. The summed E-state index contributed by atoms with van der Waals surface area (Å²) < 4.78 is 33.4. The lowest BCUT2D eigenvalue weighted by molar-refractivity contribution is -0.123. The lowest BCUT2D eigenvalue weighted by Crippen LogP contribution is -2.29. The molecule has 0 bridgehead atoms. The Balaban J connectivity index is 1.19. The van der Waals surface area contributed by atoms with Crippen molar-refractivity contribution in [3.05, 3.63) is 76.5 Å². The van der Waals surface area contributed by atoms with Crippen molar-refractivity contribution in [3.63, 3.8) is 0 Å². The maximum Gasteiger partial charge on any atom is 0.257 e. The minimum atomic E-state index is -0.280. The van der Waals surface area contributed by atoms with Crippen LogP contribution < -0.4 is 34.4 Å². The fourth-order valence-corrected chi connectivity index (χ4v) is 5.31. The molecule has 10 heteroatoms. The number of hydrogen-bond acceptors (Lipinski definition) is 9. The first-order chi connectivity index (χ1) is 22.4. The molecule has 0 aliphatic carbocycles. The minimum Gasteiger partial charge on any atom is -0.496 e. The monoisotopic (exact) mass is 632 g/mol. The normalized spacial score (nSPS) is 11.0. The first-order valence-electron chi connectivity index (χ1n) is 15.5. The molecule has 0 spiro atoms. The molecule has 3 aromatic carbocycles. The highest BCUT2D eigenvalue weighted by Gasteiger charge is 2.21. The quantitative estimate of drug-likeness (QED) is 0.131. The van der Waals surface area contributed by atoms with Crippen molar-refractivity contribution in [2.24, 2.45) is 0 Å². The summed E-state index contributed by atoms with van der Waals surface area (Å²) >= 11 is 0. The zero-order valence-electron chi connectivity index (χ0n) is 27.4. The number of amides is 1. The van der Waals surface area contributed by atoms with Crippen LogP contribution in [0, 0.1) is 0 Å². The summed E-state index contributed by atoms with van der Waals surface area (Å²) in [5, 5.41) is 3.19. The van der Waals surface area contributed by atoms with Gasteiger partial charge in [-0.15, -0.1) is 0 Å². The van der Waals surface area contributed by atoms with Gasteiger partial charge in [0.05, 0.1) is 28.4 Å². The first kappa shape index (κ1) is 34.2. The Bertz CT molecular complexity index is 1630. The zero-order valence-corrected chi connectivity index (χ0v) is 27.4. The van der Waals surface area contributed by atoms with Gasteiger partial charge in [0.25, 0.3) is 5.91 Å². The van der Waals surface area contributed by atoms with Crippen LogP contribution in [0.1, 0.15) is 38.2 Å². The third-order valence-corrected chi connectivity index (χ3v) is 7.79. The predicted molar refractivity (Wildman–Crippen MR) is 178 cm³/mol. The van der Waals surface area contributed by atoms with E-state index in [-0.39, 0.29) is 29.1 Å². The average molecular weight is 633 g/mol. The molecule has 0 atom stereocenters. The average Bonchev–Trinajstić information content (AvgIpc) is 3.09. The zero-order chi connectivity index (χ0) is 32.9. The van der Waals surface area contributed by atoms with Crippen LogP contribution in [0.3, 0.4) is 0 Å². The van der Waals surface area contributed by atoms with Crippen LogP contribution in [0.4, 0.5) is 0 Å². The Morgan fingerprint density at radius 3 is 2.24 bits per heavy atom. The smallest absolute Gasteiger partial charge is 0.257 e. The number of carbonyl (C=O) groups excluding carboxylic acids is 1. The van der Waals surface area contributed by atoms with Crippen LogP contribution in [-0.4, -0.2) is 65.5 Å². The molecule has 1 aromatic heterocycles. The summed E-state index contributed by atoms with van der Waals surface area (Å²) in [6.45, 7) is 5.60. The van der Waals surface area contributed by atoms with Gasteiger partial charge < -0.3 is 33.4 Å². The van der Waals surface area contributed by atoms with E-state index in [1.807, 2.05) is 18.2 Å². The van der Waals surface area contributed by atoms with Crippen LogP contribution >= 0.6 is 0 Å². The van der Waals surface area contributed by atoms with Crippen molar-refractivity contribution in [2.75, 3.05) is 54.7 Å². The van der Waals surface area contributed by atoms with Crippen LogP contribution in [-0.2, 0) is 11.3 Å². The van der Waals surface area contributed by atoms with Gasteiger partial charge in [-0.3, -0.25) is 14.5 Å². The summed E-state index contributed by atoms with van der Waals surface area (Å²) in [5.74, 6) is 2.61. The number of para-hydroxylation sites is 1. The van der Waals surface area contributed by atoms with Gasteiger partial charge in [0.1, 0.15) is 28.2 Å². The Hall–Kier alpha value is -4.70. The standard InChI is InChI=1S/C36H44N2O8/c1-6-38(23-26-13-9-10-14-29(26)41-2)20-12-8-7-11-19-37-33(40)24-45-27-17-15-25(16-18-27)30-21-28(39)34-31(46-30)22-32(42-3)35(43-4)36(34)44-5/h9-10,13-18,21-22H,6-8,11-12,19-20,23-24H2,1-5H3,(H,37,40). The molecule has 4 rings (SSSR count). The van der Waals surface area contributed by atoms with Gasteiger partial charge >= 0.3 is 0 Å². The Morgan fingerprint density at radius 1 is 0.826 bits per heavy atom. The maximum absolute atomic E-state index is 13.0. The van der Waals surface area contributed by atoms with E-state index in [0.29, 0.717) is 40.7 Å². The summed E-state index contributed by atoms with van der Waals surface area (Å²) in [4.78, 5) is 27.8. The number of benzene rings is 3. The molecule has 4 aromatic rings. The second kappa shape index (κ2) is 17.1. The van der Waals surface area contributed by atoms with Gasteiger partial charge in [-0.25, -0.2) is 0 Å². The highest BCUT2D eigenvalue weighted by atomic mass is 16.5. The van der Waals surface area contributed by atoms with Crippen LogP contribution in [0.25, 0.3) is 22.3 Å². The lowest BCUT2D eigenvalue weighted by Gasteiger charge is -2.21. The number of carbonyl (C=O) groups is 1. The number of rotatable bonds is 18. The fourth-order valence-electron chi connectivity index (χ4n) is 5.31. The summed E-state index contributed by atoms with van der Waals surface area (Å²) in [6, 6.07) is 18.2. The molecule has 246 valence electrons. The van der Waals surface area contributed by atoms with Gasteiger partial charge in [-0.2, -0.15) is 0 Å². The predicted octanol–water partition coefficient (Wildman–Crippen LogP) is 6.07. The van der Waals surface area contributed by atoms with E-state index in [0.717, 1.165) is 51.1 Å². The largest absolute Gasteiger partial charge is 0.496 e. The van der Waals surface area contributed by atoms with E-state index in [1.165, 1.54) is 33.0 Å². The SMILES string of the molecule is CCN(CCCCCCNC(=O)COc1ccc(-c2cc(=O)c3c(OC)c(OC)c(OC)cc3o2)cc1)Cc1ccccc1OC. The van der Waals surface area contributed by atoms with Gasteiger partial charge in [-0.1, -0.05) is 38.0 Å². The van der Waals surface area contributed by atoms with Gasteiger partial charge in [0.15, 0.2) is 23.5 Å². The Kier molecular flexibility index (Phi) is 12.7. The van der Waals surface area contributed by atoms with Crippen molar-refractivity contribution in [1.82, 2.24) is 10.2 Å². The molecule has 0 fully saturated rings. The molecule has 0 aliphatic rings. The van der Waals surface area contributed by atoms with Crippen LogP contribution in [0.5, 0.6) is 28.7 Å². The van der Waals surface area contributed by atoms with E-state index in [9.17, 15) is 9.59 Å². The van der Waals surface area contributed by atoms with Crippen molar-refractivity contribution in [3.8, 4) is 40.1 Å². The first-order valence-corrected chi connectivity index (χ1v) is 15.5. The minimum absolute atomic E-state index is 0.0831. The van der Waals surface area contributed by atoms with E-state index in [1.54, 1.807) is 37.4 Å². The van der Waals surface area contributed by atoms with Crippen molar-refractivity contribution < 1.29 is 32.9 Å². The van der Waals surface area contributed by atoms with E-state index in [2.05, 4.69) is 23.2 Å². The molecule has 0 saturated carbocycles. The molecule has 0 saturated heterocycles. The lowest BCUT2D eigenvalue weighted by atomic mass is 10.1. The number of fused-ring (bicyclic) bond motifs is 1. The number of methoxy groups -OCH3 is 4. The topological polar surface area (TPSA) is 109 Å². The van der Waals surface area contributed by atoms with Crippen LogP contribution in [0.15, 0.2) is 69.9 Å². The molecule has 10 nitrogen and oxygen atoms in total. The van der Waals surface area contributed by atoms with Crippen LogP contribution in [0.2, 0.25) is 0 Å². The van der Waals surface area contributed by atoms with E-state index < -0.39 is 0 Å². The van der Waals surface area contributed by atoms with Crippen molar-refractivity contribution >= 4 is 16.9 Å². The third-order valence-electron chi connectivity index (χ3n) is 7.79. The number of nitrogens with one attached hydrogen (secondary N) is 1. The fraction of sp³-hybridized carbons (Fsp3) is 0.389.